The normalized spacial score (nSPS) is 16.4. The molecule has 12 nitrogen and oxygen atoms in total. The number of aromatic nitrogens is 5. The van der Waals surface area contributed by atoms with Gasteiger partial charge in [-0.05, 0) is 43.4 Å². The van der Waals surface area contributed by atoms with Gasteiger partial charge in [0.25, 0.3) is 0 Å². The summed E-state index contributed by atoms with van der Waals surface area (Å²) < 4.78 is 16.5. The number of allylic oxidation sites excluding steroid dienone is 1. The van der Waals surface area contributed by atoms with Crippen LogP contribution in [-0.2, 0) is 13.6 Å². The molecule has 2 atom stereocenters. The number of hydrogen-bond acceptors (Lipinski definition) is 9. The number of nitriles is 1. The van der Waals surface area contributed by atoms with Gasteiger partial charge in [-0.15, -0.1) is 0 Å². The number of benzene rings is 1. The first-order valence-corrected chi connectivity index (χ1v) is 16.6. The van der Waals surface area contributed by atoms with Crippen molar-refractivity contribution in [3.63, 3.8) is 0 Å². The maximum atomic E-state index is 14.7. The average Bonchev–Trinajstić information content (AvgIpc) is 3.75. The van der Waals surface area contributed by atoms with Crippen molar-refractivity contribution in [3.8, 4) is 17.2 Å². The Morgan fingerprint density at radius 2 is 2.00 bits per heavy atom. The number of anilines is 3. The fourth-order valence-electron chi connectivity index (χ4n) is 5.77. The van der Waals surface area contributed by atoms with Crippen LogP contribution in [0.4, 0.5) is 26.8 Å². The van der Waals surface area contributed by atoms with Crippen molar-refractivity contribution >= 4 is 23.6 Å². The molecule has 1 fully saturated rings. The Balaban J connectivity index is 1.22. The predicted octanol–water partition coefficient (Wildman–Crippen LogP) is 5.74. The van der Waals surface area contributed by atoms with Crippen molar-refractivity contribution in [2.24, 2.45) is 7.05 Å². The molecule has 2 amide bonds. The van der Waals surface area contributed by atoms with Crippen LogP contribution in [0.15, 0.2) is 79.5 Å². The van der Waals surface area contributed by atoms with E-state index in [1.807, 2.05) is 61.8 Å². The number of unbranched alkanes of at least 4 members (excludes halogenated alkanes) is 1. The van der Waals surface area contributed by atoms with Crippen LogP contribution in [-0.4, -0.2) is 67.3 Å². The molecule has 0 aliphatic carbocycles. The lowest BCUT2D eigenvalue weighted by Gasteiger charge is -2.22. The standard InChI is InChI=1S/C36H43FN10O2/c1-3-10-31(43-34-40-22-29(19-38)33(44-34)46-18-16-36(37,25-46)26-48)13-8-5-9-17-47(35(49)41-20-27-11-6-4-7-12-27)32-15-14-28(21-39-32)30-23-42-45(2)24-30/h4,6-7,9,11-12,14-15,17,21-24,31,48H,3,5,8,10,13,16,18,20,25-26H2,1-2H3,(H,41,49)(H,40,43,44)/b17-9+/t31-,36?/m1/s1. The molecule has 1 unspecified atom stereocenters. The van der Waals surface area contributed by atoms with Crippen LogP contribution in [0.1, 0.15) is 56.6 Å². The molecule has 1 saturated heterocycles. The number of halogens is 1. The number of carbonyl (C=O) groups is 1. The van der Waals surface area contributed by atoms with Gasteiger partial charge in [0.2, 0.25) is 5.95 Å². The fraction of sp³-hybridized carbons (Fsp3) is 0.389. The number of carbonyl (C=O) groups excluding carboxylic acids is 1. The zero-order valence-electron chi connectivity index (χ0n) is 28.0. The molecule has 1 aliphatic heterocycles. The first-order chi connectivity index (χ1) is 23.8. The zero-order valence-corrected chi connectivity index (χ0v) is 28.0. The highest BCUT2D eigenvalue weighted by atomic mass is 19.1. The number of nitrogens with zero attached hydrogens (tertiary/aromatic N) is 8. The van der Waals surface area contributed by atoms with E-state index in [4.69, 9.17) is 0 Å². The van der Waals surface area contributed by atoms with Crippen LogP contribution in [0.5, 0.6) is 0 Å². The lowest BCUT2D eigenvalue weighted by atomic mass is 10.1. The third-order valence-electron chi connectivity index (χ3n) is 8.46. The minimum absolute atomic E-state index is 0.0230. The van der Waals surface area contributed by atoms with E-state index in [9.17, 15) is 19.6 Å². The van der Waals surface area contributed by atoms with Crippen LogP contribution in [0.25, 0.3) is 11.1 Å². The molecule has 0 bridgehead atoms. The van der Waals surface area contributed by atoms with Crippen LogP contribution >= 0.6 is 0 Å². The van der Waals surface area contributed by atoms with Gasteiger partial charge < -0.3 is 20.6 Å². The molecule has 4 heterocycles. The van der Waals surface area contributed by atoms with E-state index in [-0.39, 0.29) is 30.6 Å². The van der Waals surface area contributed by atoms with E-state index in [1.165, 1.54) is 11.1 Å². The average molecular weight is 667 g/mol. The molecule has 3 aromatic heterocycles. The highest BCUT2D eigenvalue weighted by Gasteiger charge is 2.39. The fourth-order valence-corrected chi connectivity index (χ4v) is 5.77. The summed E-state index contributed by atoms with van der Waals surface area (Å²) in [7, 11) is 1.86. The van der Waals surface area contributed by atoms with E-state index >= 15 is 0 Å². The van der Waals surface area contributed by atoms with Crippen LogP contribution in [0.2, 0.25) is 0 Å². The van der Waals surface area contributed by atoms with Crippen molar-refractivity contribution in [2.75, 3.05) is 34.8 Å². The molecule has 0 radical (unpaired) electrons. The minimum atomic E-state index is -1.71. The monoisotopic (exact) mass is 666 g/mol. The lowest BCUT2D eigenvalue weighted by Crippen LogP contribution is -2.36. The SMILES string of the molecule is CCC[C@H](CCC/C=C/N(C(=O)NCc1ccccc1)c1ccc(-c2cnn(C)c2)cn1)Nc1ncc(C#N)c(N2CCC(F)(CO)C2)n1. The Bertz CT molecular complexity index is 1740. The first kappa shape index (κ1) is 35.0. The maximum Gasteiger partial charge on any atom is 0.327 e. The topological polar surface area (TPSA) is 148 Å². The smallest absolute Gasteiger partial charge is 0.327 e. The summed E-state index contributed by atoms with van der Waals surface area (Å²) in [5.41, 5.74) is 1.40. The molecule has 1 aliphatic rings. The Morgan fingerprint density at radius 1 is 1.16 bits per heavy atom. The van der Waals surface area contributed by atoms with Gasteiger partial charge in [0, 0.05) is 62.3 Å². The third kappa shape index (κ3) is 9.39. The van der Waals surface area contributed by atoms with Gasteiger partial charge in [-0.3, -0.25) is 9.58 Å². The Labute approximate surface area is 286 Å². The molecular formula is C36H43FN10O2. The largest absolute Gasteiger partial charge is 0.393 e. The van der Waals surface area contributed by atoms with Gasteiger partial charge in [-0.25, -0.2) is 19.2 Å². The zero-order chi connectivity index (χ0) is 34.6. The summed E-state index contributed by atoms with van der Waals surface area (Å²) >= 11 is 0. The number of amides is 2. The number of hydrogen-bond donors (Lipinski definition) is 3. The van der Waals surface area contributed by atoms with Gasteiger partial charge in [-0.2, -0.15) is 15.3 Å². The summed E-state index contributed by atoms with van der Waals surface area (Å²) in [4.78, 5) is 30.1. The predicted molar refractivity (Wildman–Crippen MR) is 187 cm³/mol. The molecule has 49 heavy (non-hydrogen) atoms. The molecule has 0 saturated carbocycles. The maximum absolute atomic E-state index is 14.7. The Hall–Kier alpha value is -5.35. The summed E-state index contributed by atoms with van der Waals surface area (Å²) in [6, 6.07) is 15.4. The van der Waals surface area contributed by atoms with Crippen LogP contribution < -0.4 is 20.4 Å². The van der Waals surface area contributed by atoms with Gasteiger partial charge in [-0.1, -0.05) is 49.8 Å². The van der Waals surface area contributed by atoms with Gasteiger partial charge >= 0.3 is 6.03 Å². The second-order valence-corrected chi connectivity index (χ2v) is 12.3. The van der Waals surface area contributed by atoms with Gasteiger partial charge in [0.05, 0.1) is 25.5 Å². The molecule has 3 N–H and O–H groups in total. The molecule has 1 aromatic carbocycles. The molecule has 0 spiro atoms. The van der Waals surface area contributed by atoms with E-state index in [1.54, 1.807) is 28.2 Å². The lowest BCUT2D eigenvalue weighted by molar-refractivity contribution is 0.0909. The minimum Gasteiger partial charge on any atom is -0.393 e. The number of aliphatic hydroxyl groups excluding tert-OH is 1. The van der Waals surface area contributed by atoms with E-state index in [0.717, 1.165) is 42.4 Å². The molecule has 256 valence electrons. The van der Waals surface area contributed by atoms with E-state index < -0.39 is 12.3 Å². The van der Waals surface area contributed by atoms with Gasteiger partial charge in [0.1, 0.15) is 17.5 Å². The van der Waals surface area contributed by atoms with Crippen molar-refractivity contribution in [1.29, 1.82) is 5.26 Å². The third-order valence-corrected chi connectivity index (χ3v) is 8.46. The molecular weight excluding hydrogens is 623 g/mol. The second kappa shape index (κ2) is 16.7. The van der Waals surface area contributed by atoms with E-state index in [2.05, 4.69) is 43.7 Å². The molecule has 5 rings (SSSR count). The number of rotatable bonds is 15. The summed E-state index contributed by atoms with van der Waals surface area (Å²) in [6.07, 6.45) is 15.0. The number of urea groups is 1. The highest BCUT2D eigenvalue weighted by molar-refractivity contribution is 5.92. The molecule has 13 heteroatoms. The Morgan fingerprint density at radius 3 is 2.67 bits per heavy atom. The Kier molecular flexibility index (Phi) is 11.9. The number of pyridine rings is 1. The number of aliphatic hydroxyl groups is 1. The second-order valence-electron chi connectivity index (χ2n) is 12.3. The van der Waals surface area contributed by atoms with Gasteiger partial charge in [0.15, 0.2) is 11.5 Å². The van der Waals surface area contributed by atoms with Crippen molar-refractivity contribution in [1.82, 2.24) is 30.0 Å². The summed E-state index contributed by atoms with van der Waals surface area (Å²) in [6.45, 7) is 2.26. The van der Waals surface area contributed by atoms with Crippen LogP contribution in [0.3, 0.4) is 0 Å². The quantitative estimate of drug-likeness (QED) is 0.135. The summed E-state index contributed by atoms with van der Waals surface area (Å²) in [5.74, 6) is 1.25. The molecule has 4 aromatic rings. The highest BCUT2D eigenvalue weighted by Crippen LogP contribution is 2.31. The number of alkyl halides is 1. The van der Waals surface area contributed by atoms with Crippen molar-refractivity contribution in [2.45, 2.75) is 63.7 Å². The van der Waals surface area contributed by atoms with E-state index in [0.29, 0.717) is 37.1 Å². The summed E-state index contributed by atoms with van der Waals surface area (Å²) in [5, 5.41) is 29.7. The first-order valence-electron chi connectivity index (χ1n) is 16.6. The van der Waals surface area contributed by atoms with Crippen molar-refractivity contribution in [3.05, 3.63) is 90.7 Å². The van der Waals surface area contributed by atoms with Crippen LogP contribution in [0, 0.1) is 11.3 Å². The van der Waals surface area contributed by atoms with Crippen molar-refractivity contribution < 1.29 is 14.3 Å². The number of nitrogens with one attached hydrogen (secondary N) is 2. The number of aryl methyl sites for hydroxylation is 1.